The summed E-state index contributed by atoms with van der Waals surface area (Å²) in [4.78, 5) is 12.7. The van der Waals surface area contributed by atoms with E-state index in [1.165, 1.54) is 28.6 Å². The maximum absolute atomic E-state index is 12.6. The first-order valence-corrected chi connectivity index (χ1v) is 10.9. The number of morpholine rings is 1. The van der Waals surface area contributed by atoms with Crippen molar-refractivity contribution in [1.29, 1.82) is 0 Å². The standard InChI is InChI=1S/C19H20Cl2N2O4S/c1-13(17-7-4-15(20)12-18(17)21)22-19(24)14-2-5-16(6-3-14)28(25,26)23-8-10-27-11-9-23/h2-7,12-13H,8-11H2,1H3,(H,22,24). The van der Waals surface area contributed by atoms with E-state index in [0.717, 1.165) is 5.56 Å². The number of ether oxygens (including phenoxy) is 1. The van der Waals surface area contributed by atoms with Crippen molar-refractivity contribution < 1.29 is 17.9 Å². The van der Waals surface area contributed by atoms with E-state index < -0.39 is 10.0 Å². The Morgan fingerprint density at radius 2 is 1.75 bits per heavy atom. The average molecular weight is 443 g/mol. The number of carbonyl (C=O) groups excluding carboxylic acids is 1. The summed E-state index contributed by atoms with van der Waals surface area (Å²) in [5.41, 5.74) is 1.10. The lowest BCUT2D eigenvalue weighted by molar-refractivity contribution is 0.0730. The topological polar surface area (TPSA) is 75.7 Å². The van der Waals surface area contributed by atoms with Crippen molar-refractivity contribution in [3.05, 3.63) is 63.6 Å². The number of benzene rings is 2. The molecule has 1 amide bonds. The predicted octanol–water partition coefficient (Wildman–Crippen LogP) is 3.51. The van der Waals surface area contributed by atoms with Crippen molar-refractivity contribution in [2.45, 2.75) is 17.9 Å². The van der Waals surface area contributed by atoms with Gasteiger partial charge in [-0.3, -0.25) is 4.79 Å². The first kappa shape index (κ1) is 21.1. The lowest BCUT2D eigenvalue weighted by atomic mass is 10.1. The fourth-order valence-corrected chi connectivity index (χ4v) is 4.90. The van der Waals surface area contributed by atoms with Crippen LogP contribution in [0.3, 0.4) is 0 Å². The predicted molar refractivity (Wildman–Crippen MR) is 108 cm³/mol. The molecule has 0 aromatic heterocycles. The third-order valence-corrected chi connectivity index (χ3v) is 6.98. The van der Waals surface area contributed by atoms with E-state index in [9.17, 15) is 13.2 Å². The Labute approximate surface area is 174 Å². The molecule has 3 rings (SSSR count). The number of amides is 1. The molecule has 28 heavy (non-hydrogen) atoms. The molecule has 1 fully saturated rings. The van der Waals surface area contributed by atoms with Gasteiger partial charge >= 0.3 is 0 Å². The van der Waals surface area contributed by atoms with Gasteiger partial charge in [0, 0.05) is 28.7 Å². The summed E-state index contributed by atoms with van der Waals surface area (Å²) in [5, 5.41) is 3.83. The molecule has 9 heteroatoms. The molecule has 1 saturated heterocycles. The van der Waals surface area contributed by atoms with Gasteiger partial charge in [-0.05, 0) is 48.9 Å². The van der Waals surface area contributed by atoms with Crippen molar-refractivity contribution >= 4 is 39.1 Å². The molecule has 1 unspecified atom stereocenters. The zero-order valence-corrected chi connectivity index (χ0v) is 17.5. The SMILES string of the molecule is CC(NC(=O)c1ccc(S(=O)(=O)N2CCOCC2)cc1)c1ccc(Cl)cc1Cl. The summed E-state index contributed by atoms with van der Waals surface area (Å²) in [6, 6.07) is 10.6. The Balaban J connectivity index is 1.71. The van der Waals surface area contributed by atoms with Gasteiger partial charge in [-0.15, -0.1) is 0 Å². The quantitative estimate of drug-likeness (QED) is 0.768. The Kier molecular flexibility index (Phi) is 6.62. The van der Waals surface area contributed by atoms with Crippen LogP contribution in [-0.4, -0.2) is 44.9 Å². The normalized spacial score (nSPS) is 16.5. The monoisotopic (exact) mass is 442 g/mol. The number of hydrogen-bond acceptors (Lipinski definition) is 4. The summed E-state index contributed by atoms with van der Waals surface area (Å²) in [7, 11) is -3.59. The third-order valence-electron chi connectivity index (χ3n) is 4.50. The number of sulfonamides is 1. The number of rotatable bonds is 5. The fraction of sp³-hybridized carbons (Fsp3) is 0.316. The minimum absolute atomic E-state index is 0.153. The van der Waals surface area contributed by atoms with Gasteiger partial charge in [0.2, 0.25) is 10.0 Å². The Morgan fingerprint density at radius 3 is 2.36 bits per heavy atom. The largest absolute Gasteiger partial charge is 0.379 e. The second-order valence-electron chi connectivity index (χ2n) is 6.40. The molecule has 0 saturated carbocycles. The van der Waals surface area contributed by atoms with Crippen LogP contribution in [0.4, 0.5) is 0 Å². The number of carbonyl (C=O) groups is 1. The van der Waals surface area contributed by atoms with Crippen LogP contribution in [0.5, 0.6) is 0 Å². The Hall–Kier alpha value is -1.64. The highest BCUT2D eigenvalue weighted by atomic mass is 35.5. The summed E-state index contributed by atoms with van der Waals surface area (Å²) >= 11 is 12.1. The maximum Gasteiger partial charge on any atom is 0.251 e. The van der Waals surface area contributed by atoms with Crippen LogP contribution in [0, 0.1) is 0 Å². The molecule has 2 aromatic rings. The molecule has 1 aliphatic rings. The van der Waals surface area contributed by atoms with Crippen molar-refractivity contribution in [2.75, 3.05) is 26.3 Å². The summed E-state index contributed by atoms with van der Waals surface area (Å²) in [5.74, 6) is -0.325. The maximum atomic E-state index is 12.6. The van der Waals surface area contributed by atoms with E-state index in [1.807, 2.05) is 6.92 Å². The highest BCUT2D eigenvalue weighted by Crippen LogP contribution is 2.26. The lowest BCUT2D eigenvalue weighted by Gasteiger charge is -2.26. The lowest BCUT2D eigenvalue weighted by Crippen LogP contribution is -2.40. The number of nitrogens with one attached hydrogen (secondary N) is 1. The Bertz CT molecular complexity index is 958. The molecule has 0 spiro atoms. The number of halogens is 2. The molecule has 1 N–H and O–H groups in total. The molecule has 0 radical (unpaired) electrons. The number of hydrogen-bond donors (Lipinski definition) is 1. The van der Waals surface area contributed by atoms with Crippen LogP contribution in [0.25, 0.3) is 0 Å². The first-order valence-electron chi connectivity index (χ1n) is 8.73. The van der Waals surface area contributed by atoms with Gasteiger partial charge in [0.25, 0.3) is 5.91 Å². The Morgan fingerprint density at radius 1 is 1.11 bits per heavy atom. The molecule has 2 aromatic carbocycles. The third kappa shape index (κ3) is 4.67. The van der Waals surface area contributed by atoms with E-state index in [2.05, 4.69) is 5.32 Å². The summed E-state index contributed by atoms with van der Waals surface area (Å²) < 4.78 is 31.9. The molecule has 0 aliphatic carbocycles. The molecule has 1 heterocycles. The van der Waals surface area contributed by atoms with E-state index in [1.54, 1.807) is 18.2 Å². The minimum atomic E-state index is -3.59. The zero-order chi connectivity index (χ0) is 20.3. The molecule has 150 valence electrons. The van der Waals surface area contributed by atoms with Crippen molar-refractivity contribution in [3.63, 3.8) is 0 Å². The van der Waals surface area contributed by atoms with Gasteiger partial charge in [-0.2, -0.15) is 4.31 Å². The van der Waals surface area contributed by atoms with Crippen LogP contribution in [-0.2, 0) is 14.8 Å². The van der Waals surface area contributed by atoms with E-state index in [-0.39, 0.29) is 16.8 Å². The van der Waals surface area contributed by atoms with Crippen molar-refractivity contribution in [3.8, 4) is 0 Å². The van der Waals surface area contributed by atoms with Gasteiger partial charge < -0.3 is 10.1 Å². The first-order chi connectivity index (χ1) is 13.3. The molecule has 0 bridgehead atoms. The van der Waals surface area contributed by atoms with Crippen LogP contribution in [0.1, 0.15) is 28.9 Å². The summed E-state index contributed by atoms with van der Waals surface area (Å²) in [6.07, 6.45) is 0. The van der Waals surface area contributed by atoms with Gasteiger partial charge in [-0.1, -0.05) is 29.3 Å². The van der Waals surface area contributed by atoms with E-state index in [4.69, 9.17) is 27.9 Å². The average Bonchev–Trinajstić information content (AvgIpc) is 2.68. The second-order valence-corrected chi connectivity index (χ2v) is 9.18. The van der Waals surface area contributed by atoms with Crippen LogP contribution < -0.4 is 5.32 Å². The highest BCUT2D eigenvalue weighted by molar-refractivity contribution is 7.89. The smallest absolute Gasteiger partial charge is 0.251 e. The van der Waals surface area contributed by atoms with Gasteiger partial charge in [0.15, 0.2) is 0 Å². The van der Waals surface area contributed by atoms with Gasteiger partial charge in [-0.25, -0.2) is 8.42 Å². The van der Waals surface area contributed by atoms with Crippen LogP contribution in [0.2, 0.25) is 10.0 Å². The van der Waals surface area contributed by atoms with Gasteiger partial charge in [0.1, 0.15) is 0 Å². The van der Waals surface area contributed by atoms with Crippen molar-refractivity contribution in [2.24, 2.45) is 0 Å². The molecule has 6 nitrogen and oxygen atoms in total. The molecular formula is C19H20Cl2N2O4S. The van der Waals surface area contributed by atoms with E-state index in [0.29, 0.717) is 41.9 Å². The molecular weight excluding hydrogens is 423 g/mol. The molecule has 1 aliphatic heterocycles. The minimum Gasteiger partial charge on any atom is -0.379 e. The second kappa shape index (κ2) is 8.80. The van der Waals surface area contributed by atoms with E-state index >= 15 is 0 Å². The van der Waals surface area contributed by atoms with Crippen LogP contribution in [0.15, 0.2) is 47.4 Å². The summed E-state index contributed by atoms with van der Waals surface area (Å²) in [6.45, 7) is 3.22. The zero-order valence-electron chi connectivity index (χ0n) is 15.2. The molecule has 1 atom stereocenters. The van der Waals surface area contributed by atoms with Crippen LogP contribution >= 0.6 is 23.2 Å². The number of nitrogens with zero attached hydrogens (tertiary/aromatic N) is 1. The highest BCUT2D eigenvalue weighted by Gasteiger charge is 2.26. The fourth-order valence-electron chi connectivity index (χ4n) is 2.92. The van der Waals surface area contributed by atoms with Crippen molar-refractivity contribution in [1.82, 2.24) is 9.62 Å². The van der Waals surface area contributed by atoms with Gasteiger partial charge in [0.05, 0.1) is 24.2 Å².